The summed E-state index contributed by atoms with van der Waals surface area (Å²) in [6.07, 6.45) is 0. The molecule has 146 valence electrons. The van der Waals surface area contributed by atoms with Crippen molar-refractivity contribution >= 4 is 17.6 Å². The highest BCUT2D eigenvalue weighted by atomic mass is 16.5. The average Bonchev–Trinajstić information content (AvgIpc) is 2.68. The molecule has 3 rings (SSSR count). The van der Waals surface area contributed by atoms with Crippen LogP contribution >= 0.6 is 0 Å². The van der Waals surface area contributed by atoms with Gasteiger partial charge in [-0.2, -0.15) is 0 Å². The largest absolute Gasteiger partial charge is 0.493 e. The quantitative estimate of drug-likeness (QED) is 0.717. The Morgan fingerprint density at radius 1 is 1.18 bits per heavy atom. The normalized spacial score (nSPS) is 18.6. The summed E-state index contributed by atoms with van der Waals surface area (Å²) in [5.41, 5.74) is 1.71. The number of nitrogens with one attached hydrogen (secondary N) is 3. The van der Waals surface area contributed by atoms with Gasteiger partial charge in [0, 0.05) is 11.4 Å². The van der Waals surface area contributed by atoms with Crippen LogP contribution in [0.3, 0.4) is 0 Å². The van der Waals surface area contributed by atoms with E-state index >= 15 is 0 Å². The van der Waals surface area contributed by atoms with E-state index in [1.165, 1.54) is 0 Å². The van der Waals surface area contributed by atoms with Crippen molar-refractivity contribution in [3.63, 3.8) is 0 Å². The smallest absolute Gasteiger partial charge is 0.319 e. The summed E-state index contributed by atoms with van der Waals surface area (Å²) in [5.74, 6) is 0.139. The predicted octanol–water partition coefficient (Wildman–Crippen LogP) is 3.22. The fraction of sp³-hybridized carbons (Fsp3) is 0.238. The summed E-state index contributed by atoms with van der Waals surface area (Å²) in [5, 5.41) is 8.28. The first-order valence-corrected chi connectivity index (χ1v) is 8.96. The molecule has 1 aliphatic rings. The molecule has 7 nitrogen and oxygen atoms in total. The number of para-hydroxylation sites is 1. The number of amides is 3. The van der Waals surface area contributed by atoms with Crippen LogP contribution in [0.4, 0.5) is 10.5 Å². The minimum Gasteiger partial charge on any atom is -0.493 e. The fourth-order valence-electron chi connectivity index (χ4n) is 3.16. The Morgan fingerprint density at radius 3 is 2.61 bits per heavy atom. The molecule has 0 radical (unpaired) electrons. The predicted molar refractivity (Wildman–Crippen MR) is 106 cm³/mol. The summed E-state index contributed by atoms with van der Waals surface area (Å²) >= 11 is 0. The van der Waals surface area contributed by atoms with Crippen molar-refractivity contribution in [3.8, 4) is 11.5 Å². The van der Waals surface area contributed by atoms with Crippen LogP contribution in [-0.4, -0.2) is 25.7 Å². The monoisotopic (exact) mass is 381 g/mol. The van der Waals surface area contributed by atoms with E-state index in [2.05, 4.69) is 22.5 Å². The van der Waals surface area contributed by atoms with Crippen LogP contribution in [0.1, 0.15) is 18.5 Å². The lowest BCUT2D eigenvalue weighted by Gasteiger charge is -2.34. The third-order valence-electron chi connectivity index (χ3n) is 4.44. The molecular formula is C21H23N3O4. The molecule has 2 atom stereocenters. The van der Waals surface area contributed by atoms with Gasteiger partial charge in [-0.1, -0.05) is 30.8 Å². The van der Waals surface area contributed by atoms with Crippen molar-refractivity contribution in [2.75, 3.05) is 19.0 Å². The Bertz CT molecular complexity index is 882. The molecule has 0 aliphatic carbocycles. The lowest BCUT2D eigenvalue weighted by atomic mass is 9.88. The Kier molecular flexibility index (Phi) is 5.84. The maximum Gasteiger partial charge on any atom is 0.319 e. The van der Waals surface area contributed by atoms with Crippen LogP contribution in [0.5, 0.6) is 11.5 Å². The maximum atomic E-state index is 13.0. The van der Waals surface area contributed by atoms with E-state index in [1.54, 1.807) is 37.4 Å². The number of carbonyl (C=O) groups excluding carboxylic acids is 2. The van der Waals surface area contributed by atoms with E-state index in [9.17, 15) is 9.59 Å². The average molecular weight is 381 g/mol. The number of hydrogen-bond donors (Lipinski definition) is 3. The van der Waals surface area contributed by atoms with Crippen molar-refractivity contribution < 1.29 is 19.1 Å². The maximum absolute atomic E-state index is 13.0. The Balaban J connectivity index is 1.92. The molecule has 2 aromatic rings. The van der Waals surface area contributed by atoms with Crippen molar-refractivity contribution in [2.24, 2.45) is 5.92 Å². The van der Waals surface area contributed by atoms with Gasteiger partial charge in [0.15, 0.2) is 11.5 Å². The van der Waals surface area contributed by atoms with Crippen LogP contribution in [-0.2, 0) is 4.79 Å². The van der Waals surface area contributed by atoms with Gasteiger partial charge in [0.2, 0.25) is 5.91 Å². The summed E-state index contributed by atoms with van der Waals surface area (Å²) in [6.45, 7) is 6.27. The fourth-order valence-corrected chi connectivity index (χ4v) is 3.16. The van der Waals surface area contributed by atoms with Gasteiger partial charge in [0.1, 0.15) is 5.92 Å². The van der Waals surface area contributed by atoms with Gasteiger partial charge in [-0.3, -0.25) is 4.79 Å². The van der Waals surface area contributed by atoms with Crippen molar-refractivity contribution in [2.45, 2.75) is 13.0 Å². The standard InChI is InChI=1S/C21H23N3O4/c1-4-28-16-11-10-14(12-17(16)27-3)19-18(13(2)22-21(26)24-19)20(25)23-15-8-6-5-7-9-15/h5-12,18-19H,2,4H2,1,3H3,(H,23,25)(H2,22,24,26)/t18-,19+/m1/s1. The molecule has 28 heavy (non-hydrogen) atoms. The number of benzene rings is 2. The van der Waals surface area contributed by atoms with Crippen molar-refractivity contribution in [1.82, 2.24) is 10.6 Å². The van der Waals surface area contributed by atoms with E-state index in [4.69, 9.17) is 9.47 Å². The summed E-state index contributed by atoms with van der Waals surface area (Å²) < 4.78 is 10.9. The van der Waals surface area contributed by atoms with Crippen LogP contribution < -0.4 is 25.4 Å². The number of urea groups is 1. The highest BCUT2D eigenvalue weighted by molar-refractivity contribution is 5.97. The van der Waals surface area contributed by atoms with Gasteiger partial charge >= 0.3 is 6.03 Å². The molecule has 3 N–H and O–H groups in total. The third-order valence-corrected chi connectivity index (χ3v) is 4.44. The molecule has 1 aliphatic heterocycles. The second-order valence-corrected chi connectivity index (χ2v) is 6.28. The number of rotatable bonds is 6. The molecule has 0 unspecified atom stereocenters. The minimum atomic E-state index is -0.708. The van der Waals surface area contributed by atoms with Crippen LogP contribution in [0.15, 0.2) is 60.8 Å². The zero-order chi connectivity index (χ0) is 20.1. The van der Waals surface area contributed by atoms with E-state index < -0.39 is 18.0 Å². The highest BCUT2D eigenvalue weighted by Crippen LogP contribution is 2.35. The molecular weight excluding hydrogens is 358 g/mol. The molecule has 2 aromatic carbocycles. The van der Waals surface area contributed by atoms with Gasteiger partial charge in [-0.15, -0.1) is 0 Å². The SMILES string of the molecule is C=C1NC(=O)N[C@@H](c2ccc(OCC)c(OC)c2)[C@@H]1C(=O)Nc1ccccc1. The van der Waals surface area contributed by atoms with E-state index in [-0.39, 0.29) is 5.91 Å². The summed E-state index contributed by atoms with van der Waals surface area (Å²) in [7, 11) is 1.54. The first-order valence-electron chi connectivity index (χ1n) is 8.96. The van der Waals surface area contributed by atoms with Gasteiger partial charge < -0.3 is 25.4 Å². The molecule has 1 fully saturated rings. The minimum absolute atomic E-state index is 0.276. The Hall–Kier alpha value is -3.48. The van der Waals surface area contributed by atoms with Gasteiger partial charge in [0.05, 0.1) is 19.8 Å². The van der Waals surface area contributed by atoms with Gasteiger partial charge in [-0.25, -0.2) is 4.79 Å². The van der Waals surface area contributed by atoms with Crippen molar-refractivity contribution in [3.05, 3.63) is 66.4 Å². The van der Waals surface area contributed by atoms with E-state index in [1.807, 2.05) is 25.1 Å². The second kappa shape index (κ2) is 8.47. The zero-order valence-corrected chi connectivity index (χ0v) is 15.8. The lowest BCUT2D eigenvalue weighted by molar-refractivity contribution is -0.119. The van der Waals surface area contributed by atoms with Crippen LogP contribution in [0.25, 0.3) is 0 Å². The molecule has 0 aromatic heterocycles. The first-order chi connectivity index (χ1) is 13.5. The van der Waals surface area contributed by atoms with E-state index in [0.29, 0.717) is 35.1 Å². The number of methoxy groups -OCH3 is 1. The molecule has 1 saturated heterocycles. The molecule has 1 heterocycles. The zero-order valence-electron chi connectivity index (χ0n) is 15.8. The topological polar surface area (TPSA) is 88.7 Å². The van der Waals surface area contributed by atoms with Crippen molar-refractivity contribution in [1.29, 1.82) is 0 Å². The number of carbonyl (C=O) groups is 2. The van der Waals surface area contributed by atoms with Crippen LogP contribution in [0.2, 0.25) is 0 Å². The summed E-state index contributed by atoms with van der Waals surface area (Å²) in [4.78, 5) is 25.0. The summed E-state index contributed by atoms with van der Waals surface area (Å²) in [6, 6.07) is 13.4. The highest BCUT2D eigenvalue weighted by Gasteiger charge is 2.38. The van der Waals surface area contributed by atoms with Crippen LogP contribution in [0, 0.1) is 5.92 Å². The molecule has 7 heteroatoms. The number of anilines is 1. The van der Waals surface area contributed by atoms with Gasteiger partial charge in [-0.05, 0) is 36.8 Å². The molecule has 0 bridgehead atoms. The number of ether oxygens (including phenoxy) is 2. The Labute approximate surface area is 163 Å². The van der Waals surface area contributed by atoms with Gasteiger partial charge in [0.25, 0.3) is 0 Å². The number of hydrogen-bond acceptors (Lipinski definition) is 4. The third kappa shape index (κ3) is 4.09. The molecule has 3 amide bonds. The van der Waals surface area contributed by atoms with E-state index in [0.717, 1.165) is 0 Å². The Morgan fingerprint density at radius 2 is 1.93 bits per heavy atom. The second-order valence-electron chi connectivity index (χ2n) is 6.28. The first kappa shape index (κ1) is 19.3. The molecule has 0 saturated carbocycles. The lowest BCUT2D eigenvalue weighted by Crippen LogP contribution is -2.51. The molecule has 0 spiro atoms.